The summed E-state index contributed by atoms with van der Waals surface area (Å²) in [5.74, 6) is 0.893. The van der Waals surface area contributed by atoms with Crippen LogP contribution in [0.1, 0.15) is 25.3 Å². The molecular formula is C25H34N4O2. The van der Waals surface area contributed by atoms with Crippen LogP contribution < -0.4 is 15.0 Å². The Kier molecular flexibility index (Phi) is 6.97. The zero-order chi connectivity index (χ0) is 21.6. The molecule has 0 aliphatic carbocycles. The number of carbonyl (C=O) groups is 1. The number of piperidine rings is 1. The van der Waals surface area contributed by atoms with Crippen molar-refractivity contribution in [2.45, 2.75) is 32.2 Å². The summed E-state index contributed by atoms with van der Waals surface area (Å²) >= 11 is 0. The van der Waals surface area contributed by atoms with Crippen molar-refractivity contribution in [3.63, 3.8) is 0 Å². The van der Waals surface area contributed by atoms with Gasteiger partial charge in [0.1, 0.15) is 5.75 Å². The number of ether oxygens (including phenoxy) is 1. The van der Waals surface area contributed by atoms with Gasteiger partial charge in [-0.25, -0.2) is 4.79 Å². The van der Waals surface area contributed by atoms with Crippen LogP contribution in [0.3, 0.4) is 0 Å². The average molecular weight is 423 g/mol. The topological polar surface area (TPSA) is 48.1 Å². The maximum Gasteiger partial charge on any atom is 0.321 e. The Morgan fingerprint density at radius 1 is 1.03 bits per heavy atom. The molecule has 2 aromatic carbocycles. The molecule has 0 saturated carbocycles. The van der Waals surface area contributed by atoms with Gasteiger partial charge in [-0.2, -0.15) is 0 Å². The summed E-state index contributed by atoms with van der Waals surface area (Å²) in [7, 11) is 1.70. The Labute approximate surface area is 185 Å². The summed E-state index contributed by atoms with van der Waals surface area (Å²) < 4.78 is 5.27. The average Bonchev–Trinajstić information content (AvgIpc) is 2.84. The summed E-state index contributed by atoms with van der Waals surface area (Å²) in [6, 6.07) is 16.9. The third kappa shape index (κ3) is 5.13. The minimum atomic E-state index is 0.0301. The second-order valence-corrected chi connectivity index (χ2v) is 8.40. The maximum atomic E-state index is 12.9. The minimum Gasteiger partial charge on any atom is -0.497 e. The highest BCUT2D eigenvalue weighted by Gasteiger charge is 2.30. The van der Waals surface area contributed by atoms with E-state index >= 15 is 0 Å². The van der Waals surface area contributed by atoms with Gasteiger partial charge in [0.2, 0.25) is 0 Å². The molecule has 2 saturated heterocycles. The number of nitrogens with one attached hydrogen (secondary N) is 1. The molecule has 31 heavy (non-hydrogen) atoms. The molecule has 166 valence electrons. The van der Waals surface area contributed by atoms with Gasteiger partial charge in [-0.15, -0.1) is 0 Å². The lowest BCUT2D eigenvalue weighted by atomic mass is 10.0. The van der Waals surface area contributed by atoms with Crippen LogP contribution in [0.5, 0.6) is 5.75 Å². The molecule has 6 heteroatoms. The van der Waals surface area contributed by atoms with E-state index in [-0.39, 0.29) is 6.03 Å². The Bertz CT molecular complexity index is 862. The second-order valence-electron chi connectivity index (χ2n) is 8.40. The van der Waals surface area contributed by atoms with Crippen LogP contribution in [0.15, 0.2) is 48.5 Å². The predicted octanol–water partition coefficient (Wildman–Crippen LogP) is 4.08. The number of nitrogens with zero attached hydrogens (tertiary/aromatic N) is 3. The highest BCUT2D eigenvalue weighted by Crippen LogP contribution is 2.24. The van der Waals surface area contributed by atoms with Crippen LogP contribution >= 0.6 is 0 Å². The van der Waals surface area contributed by atoms with Crippen molar-refractivity contribution < 1.29 is 9.53 Å². The number of para-hydroxylation sites is 1. The number of aryl methyl sites for hydroxylation is 1. The minimum absolute atomic E-state index is 0.0301. The fraction of sp³-hybridized carbons (Fsp3) is 0.480. The van der Waals surface area contributed by atoms with Gasteiger partial charge in [0, 0.05) is 56.7 Å². The Hall–Kier alpha value is -2.73. The van der Waals surface area contributed by atoms with Crippen LogP contribution in [0.4, 0.5) is 16.2 Å². The highest BCUT2D eigenvalue weighted by molar-refractivity contribution is 5.90. The fourth-order valence-corrected chi connectivity index (χ4v) is 4.72. The number of methoxy groups -OCH3 is 1. The fourth-order valence-electron chi connectivity index (χ4n) is 4.72. The zero-order valence-corrected chi connectivity index (χ0v) is 18.7. The number of likely N-dealkylation sites (tertiary alicyclic amines) is 1. The number of amides is 2. The first kappa shape index (κ1) is 21.5. The Morgan fingerprint density at radius 2 is 1.77 bits per heavy atom. The van der Waals surface area contributed by atoms with Gasteiger partial charge in [-0.3, -0.25) is 4.90 Å². The van der Waals surface area contributed by atoms with E-state index < -0.39 is 0 Å². The molecule has 0 spiro atoms. The number of hydrogen-bond donors (Lipinski definition) is 1. The molecule has 1 atom stereocenters. The van der Waals surface area contributed by atoms with Crippen LogP contribution in [-0.2, 0) is 6.42 Å². The van der Waals surface area contributed by atoms with E-state index in [2.05, 4.69) is 40.2 Å². The molecule has 6 nitrogen and oxygen atoms in total. The van der Waals surface area contributed by atoms with Crippen LogP contribution in [0, 0.1) is 0 Å². The van der Waals surface area contributed by atoms with Gasteiger partial charge in [0.15, 0.2) is 0 Å². The SMILES string of the molecule is CCc1ccccc1NC(=O)N1CCC[C@H](N2CCN(c3ccc(OC)cc3)CC2)C1. The van der Waals surface area contributed by atoms with Crippen LogP contribution in [0.25, 0.3) is 0 Å². The second kappa shape index (κ2) is 10.1. The first-order chi connectivity index (χ1) is 15.2. The van der Waals surface area contributed by atoms with E-state index in [1.807, 2.05) is 35.2 Å². The molecule has 1 N–H and O–H groups in total. The standard InChI is InChI=1S/C25H34N4O2/c1-3-20-7-4-5-9-24(20)26-25(30)29-14-6-8-22(19-29)28-17-15-27(16-18-28)21-10-12-23(31-2)13-11-21/h4-5,7,9-13,22H,3,6,8,14-19H2,1-2H3,(H,26,30)/t22-/m0/s1. The predicted molar refractivity (Wildman–Crippen MR) is 126 cm³/mol. The maximum absolute atomic E-state index is 12.9. The Morgan fingerprint density at radius 3 is 2.48 bits per heavy atom. The van der Waals surface area contributed by atoms with Crippen molar-refractivity contribution in [2.75, 3.05) is 56.6 Å². The molecule has 2 heterocycles. The molecule has 2 aromatic rings. The molecule has 0 aromatic heterocycles. The number of urea groups is 1. The van der Waals surface area contributed by atoms with E-state index in [9.17, 15) is 4.79 Å². The van der Waals surface area contributed by atoms with Crippen molar-refractivity contribution >= 4 is 17.4 Å². The van der Waals surface area contributed by atoms with Crippen molar-refractivity contribution in [1.29, 1.82) is 0 Å². The van der Waals surface area contributed by atoms with E-state index in [4.69, 9.17) is 4.74 Å². The Balaban J connectivity index is 1.31. The molecule has 4 rings (SSSR count). The number of rotatable bonds is 5. The molecule has 2 fully saturated rings. The molecule has 0 bridgehead atoms. The number of hydrogen-bond acceptors (Lipinski definition) is 4. The quantitative estimate of drug-likeness (QED) is 0.789. The van der Waals surface area contributed by atoms with Crippen LogP contribution in [-0.4, -0.2) is 68.3 Å². The summed E-state index contributed by atoms with van der Waals surface area (Å²) in [5, 5.41) is 3.14. The van der Waals surface area contributed by atoms with E-state index in [0.29, 0.717) is 6.04 Å². The highest BCUT2D eigenvalue weighted by atomic mass is 16.5. The molecule has 2 amide bonds. The van der Waals surface area contributed by atoms with E-state index in [1.54, 1.807) is 7.11 Å². The molecule has 0 unspecified atom stereocenters. The summed E-state index contributed by atoms with van der Waals surface area (Å²) in [5.41, 5.74) is 3.36. The zero-order valence-electron chi connectivity index (χ0n) is 18.7. The lowest BCUT2D eigenvalue weighted by Crippen LogP contribution is -2.56. The number of carbonyl (C=O) groups excluding carboxylic acids is 1. The van der Waals surface area contributed by atoms with Gasteiger partial charge in [-0.1, -0.05) is 25.1 Å². The lowest BCUT2D eigenvalue weighted by Gasteiger charge is -2.44. The third-order valence-electron chi connectivity index (χ3n) is 6.59. The van der Waals surface area contributed by atoms with Crippen molar-refractivity contribution in [1.82, 2.24) is 9.80 Å². The van der Waals surface area contributed by atoms with Crippen molar-refractivity contribution in [2.24, 2.45) is 0 Å². The van der Waals surface area contributed by atoms with Gasteiger partial charge < -0.3 is 19.9 Å². The van der Waals surface area contributed by atoms with Crippen molar-refractivity contribution in [3.8, 4) is 5.75 Å². The number of benzene rings is 2. The largest absolute Gasteiger partial charge is 0.497 e. The van der Waals surface area contributed by atoms with Gasteiger partial charge >= 0.3 is 6.03 Å². The van der Waals surface area contributed by atoms with E-state index in [1.165, 1.54) is 11.3 Å². The van der Waals surface area contributed by atoms with E-state index in [0.717, 1.165) is 70.0 Å². The van der Waals surface area contributed by atoms with Gasteiger partial charge in [0.25, 0.3) is 0 Å². The molecular weight excluding hydrogens is 388 g/mol. The monoisotopic (exact) mass is 422 g/mol. The first-order valence-corrected chi connectivity index (χ1v) is 11.4. The number of anilines is 2. The molecule has 2 aliphatic rings. The van der Waals surface area contributed by atoms with Gasteiger partial charge in [0.05, 0.1) is 7.11 Å². The molecule has 0 radical (unpaired) electrons. The van der Waals surface area contributed by atoms with Crippen molar-refractivity contribution in [3.05, 3.63) is 54.1 Å². The third-order valence-corrected chi connectivity index (χ3v) is 6.59. The number of piperazine rings is 1. The first-order valence-electron chi connectivity index (χ1n) is 11.4. The van der Waals surface area contributed by atoms with Gasteiger partial charge in [-0.05, 0) is 55.2 Å². The summed E-state index contributed by atoms with van der Waals surface area (Å²) in [6.07, 6.45) is 3.14. The summed E-state index contributed by atoms with van der Waals surface area (Å²) in [6.45, 7) is 7.85. The normalized spacial score (nSPS) is 19.9. The van der Waals surface area contributed by atoms with Crippen LogP contribution in [0.2, 0.25) is 0 Å². The smallest absolute Gasteiger partial charge is 0.321 e. The molecule has 2 aliphatic heterocycles. The summed E-state index contributed by atoms with van der Waals surface area (Å²) in [4.78, 5) is 19.9. The lowest BCUT2D eigenvalue weighted by molar-refractivity contribution is 0.108.